The van der Waals surface area contributed by atoms with E-state index in [9.17, 15) is 18.4 Å². The lowest BCUT2D eigenvalue weighted by Crippen LogP contribution is -2.17. The van der Waals surface area contributed by atoms with Gasteiger partial charge in [0.15, 0.2) is 0 Å². The molecule has 0 atom stereocenters. The van der Waals surface area contributed by atoms with Gasteiger partial charge in [-0.3, -0.25) is 9.59 Å². The summed E-state index contributed by atoms with van der Waals surface area (Å²) in [6.07, 6.45) is -3.11. The Kier molecular flexibility index (Phi) is 5.03. The minimum Gasteiger partial charge on any atom is -0.466 e. The number of hydrogen-bond donors (Lipinski definition) is 1. The Labute approximate surface area is 110 Å². The van der Waals surface area contributed by atoms with Gasteiger partial charge in [0.05, 0.1) is 18.6 Å². The van der Waals surface area contributed by atoms with Crippen LogP contribution in [0.2, 0.25) is 0 Å². The first-order chi connectivity index (χ1) is 7.95. The molecule has 1 rings (SSSR count). The van der Waals surface area contributed by atoms with Crippen LogP contribution in [0.1, 0.15) is 24.6 Å². The number of alkyl halides is 2. The number of aromatic amines is 1. The van der Waals surface area contributed by atoms with Gasteiger partial charge in [0, 0.05) is 15.3 Å². The van der Waals surface area contributed by atoms with Crippen molar-refractivity contribution in [1.29, 1.82) is 0 Å². The van der Waals surface area contributed by atoms with Gasteiger partial charge in [-0.15, -0.1) is 0 Å². The highest BCUT2D eigenvalue weighted by Crippen LogP contribution is 2.26. The average Bonchev–Trinajstić information content (AvgIpc) is 2.15. The van der Waals surface area contributed by atoms with Crippen molar-refractivity contribution < 1.29 is 18.3 Å². The Morgan fingerprint density at radius 3 is 2.76 bits per heavy atom. The van der Waals surface area contributed by atoms with Crippen LogP contribution in [-0.2, 0) is 16.0 Å². The molecule has 17 heavy (non-hydrogen) atoms. The molecule has 1 N–H and O–H groups in total. The average molecular weight is 357 g/mol. The van der Waals surface area contributed by atoms with Crippen LogP contribution in [0.5, 0.6) is 0 Å². The van der Waals surface area contributed by atoms with Gasteiger partial charge >= 0.3 is 5.97 Å². The molecule has 0 bridgehead atoms. The molecule has 0 aromatic carbocycles. The van der Waals surface area contributed by atoms with Crippen LogP contribution in [0.15, 0.2) is 10.9 Å². The van der Waals surface area contributed by atoms with Gasteiger partial charge in [-0.25, -0.2) is 8.78 Å². The van der Waals surface area contributed by atoms with Crippen molar-refractivity contribution in [3.8, 4) is 0 Å². The summed E-state index contributed by atoms with van der Waals surface area (Å²) >= 11 is 1.64. The van der Waals surface area contributed by atoms with E-state index in [1.807, 2.05) is 0 Å². The number of rotatable bonds is 4. The van der Waals surface area contributed by atoms with Gasteiger partial charge in [-0.05, 0) is 29.5 Å². The first-order valence-corrected chi connectivity index (χ1v) is 5.89. The fourth-order valence-electron chi connectivity index (χ4n) is 1.32. The van der Waals surface area contributed by atoms with E-state index in [0.29, 0.717) is 0 Å². The van der Waals surface area contributed by atoms with Crippen LogP contribution in [-0.4, -0.2) is 17.6 Å². The summed E-state index contributed by atoms with van der Waals surface area (Å²) < 4.78 is 30.3. The molecule has 0 aliphatic rings. The number of H-pyrrole nitrogens is 1. The first-order valence-electron chi connectivity index (χ1n) is 4.81. The SMILES string of the molecule is CCOC(=O)Cc1[nH]c(=O)cc(I)c1C(F)F. The van der Waals surface area contributed by atoms with E-state index in [-0.39, 0.29) is 27.9 Å². The number of nitrogens with one attached hydrogen (secondary N) is 1. The molecule has 0 amide bonds. The maximum atomic E-state index is 12.8. The first kappa shape index (κ1) is 14.1. The van der Waals surface area contributed by atoms with E-state index in [2.05, 4.69) is 9.72 Å². The third-order valence-corrected chi connectivity index (χ3v) is 2.85. The molecule has 7 heteroatoms. The Morgan fingerprint density at radius 1 is 1.59 bits per heavy atom. The second-order valence-corrected chi connectivity index (χ2v) is 4.32. The van der Waals surface area contributed by atoms with E-state index in [0.717, 1.165) is 6.07 Å². The lowest BCUT2D eigenvalue weighted by Gasteiger charge is -2.09. The molecular weight excluding hydrogens is 347 g/mol. The fraction of sp³-hybridized carbons (Fsp3) is 0.400. The highest BCUT2D eigenvalue weighted by molar-refractivity contribution is 14.1. The van der Waals surface area contributed by atoms with Crippen molar-refractivity contribution in [1.82, 2.24) is 4.98 Å². The second kappa shape index (κ2) is 6.08. The van der Waals surface area contributed by atoms with Gasteiger partial charge in [-0.1, -0.05) is 0 Å². The number of ether oxygens (including phenoxy) is 1. The number of aromatic nitrogens is 1. The van der Waals surface area contributed by atoms with Crippen LogP contribution < -0.4 is 5.56 Å². The molecule has 4 nitrogen and oxygen atoms in total. The minimum absolute atomic E-state index is 0.0876. The van der Waals surface area contributed by atoms with Crippen molar-refractivity contribution >= 4 is 28.6 Å². The summed E-state index contributed by atoms with van der Waals surface area (Å²) in [6, 6.07) is 1.07. The van der Waals surface area contributed by atoms with E-state index in [1.54, 1.807) is 29.5 Å². The van der Waals surface area contributed by atoms with E-state index < -0.39 is 18.0 Å². The molecule has 0 aliphatic carbocycles. The second-order valence-electron chi connectivity index (χ2n) is 3.16. The number of esters is 1. The smallest absolute Gasteiger partial charge is 0.311 e. The molecule has 1 heterocycles. The predicted molar refractivity (Wildman–Crippen MR) is 65.1 cm³/mol. The zero-order chi connectivity index (χ0) is 13.0. The number of halogens is 3. The summed E-state index contributed by atoms with van der Waals surface area (Å²) in [5.41, 5.74) is -0.924. The summed E-state index contributed by atoms with van der Waals surface area (Å²) in [5.74, 6) is -0.646. The summed E-state index contributed by atoms with van der Waals surface area (Å²) in [6.45, 7) is 1.78. The number of hydrogen-bond acceptors (Lipinski definition) is 3. The van der Waals surface area contributed by atoms with Gasteiger partial charge in [0.2, 0.25) is 5.56 Å². The third kappa shape index (κ3) is 3.76. The fourth-order valence-corrected chi connectivity index (χ4v) is 2.16. The molecule has 0 radical (unpaired) electrons. The summed E-state index contributed by atoms with van der Waals surface area (Å²) in [4.78, 5) is 24.6. The lowest BCUT2D eigenvalue weighted by atomic mass is 10.1. The van der Waals surface area contributed by atoms with E-state index in [1.165, 1.54) is 0 Å². The molecule has 94 valence electrons. The largest absolute Gasteiger partial charge is 0.466 e. The zero-order valence-electron chi connectivity index (χ0n) is 8.93. The summed E-state index contributed by atoms with van der Waals surface area (Å²) in [5, 5.41) is 0. The Balaban J connectivity index is 3.12. The Bertz CT molecular complexity index is 473. The lowest BCUT2D eigenvalue weighted by molar-refractivity contribution is -0.142. The van der Waals surface area contributed by atoms with Crippen LogP contribution in [0.3, 0.4) is 0 Å². The van der Waals surface area contributed by atoms with Crippen molar-refractivity contribution in [2.75, 3.05) is 6.61 Å². The van der Waals surface area contributed by atoms with E-state index >= 15 is 0 Å². The number of pyridine rings is 1. The topological polar surface area (TPSA) is 59.2 Å². The predicted octanol–water partition coefficient (Wildman–Crippen LogP) is 2.02. The number of carbonyl (C=O) groups excluding carboxylic acids is 1. The van der Waals surface area contributed by atoms with Gasteiger partial charge in [-0.2, -0.15) is 0 Å². The molecule has 1 aromatic heterocycles. The molecule has 0 saturated heterocycles. The van der Waals surface area contributed by atoms with Crippen LogP contribution in [0, 0.1) is 3.57 Å². The molecule has 0 unspecified atom stereocenters. The zero-order valence-corrected chi connectivity index (χ0v) is 11.1. The van der Waals surface area contributed by atoms with Crippen LogP contribution in [0.25, 0.3) is 0 Å². The number of carbonyl (C=O) groups is 1. The molecule has 0 spiro atoms. The Hall–Kier alpha value is -0.990. The van der Waals surface area contributed by atoms with Gasteiger partial charge < -0.3 is 9.72 Å². The molecule has 1 aromatic rings. The monoisotopic (exact) mass is 357 g/mol. The van der Waals surface area contributed by atoms with Crippen LogP contribution >= 0.6 is 22.6 Å². The third-order valence-electron chi connectivity index (χ3n) is 1.96. The van der Waals surface area contributed by atoms with Gasteiger partial charge in [0.1, 0.15) is 0 Å². The van der Waals surface area contributed by atoms with Crippen molar-refractivity contribution in [2.24, 2.45) is 0 Å². The molecular formula is C10H10F2INO3. The molecule has 0 aliphatic heterocycles. The van der Waals surface area contributed by atoms with Crippen molar-refractivity contribution in [2.45, 2.75) is 19.8 Å². The molecule has 0 saturated carbocycles. The normalized spacial score (nSPS) is 10.6. The highest BCUT2D eigenvalue weighted by atomic mass is 127. The standard InChI is InChI=1S/C10H10F2INO3/c1-2-17-8(16)4-6-9(10(11)12)5(13)3-7(15)14-6/h3,10H,2,4H2,1H3,(H,14,15). The van der Waals surface area contributed by atoms with Crippen molar-refractivity contribution in [3.05, 3.63) is 31.2 Å². The maximum absolute atomic E-state index is 12.8. The van der Waals surface area contributed by atoms with Crippen molar-refractivity contribution in [3.63, 3.8) is 0 Å². The maximum Gasteiger partial charge on any atom is 0.311 e. The minimum atomic E-state index is -2.75. The molecule has 0 fully saturated rings. The summed E-state index contributed by atoms with van der Waals surface area (Å²) in [7, 11) is 0. The van der Waals surface area contributed by atoms with Gasteiger partial charge in [0.25, 0.3) is 6.43 Å². The van der Waals surface area contributed by atoms with E-state index in [4.69, 9.17) is 0 Å². The Morgan fingerprint density at radius 2 is 2.24 bits per heavy atom. The quantitative estimate of drug-likeness (QED) is 0.663. The van der Waals surface area contributed by atoms with Crippen LogP contribution in [0.4, 0.5) is 8.78 Å². The highest BCUT2D eigenvalue weighted by Gasteiger charge is 2.20.